The summed E-state index contributed by atoms with van der Waals surface area (Å²) in [5.74, 6) is 0. The zero-order valence-electron chi connectivity index (χ0n) is 15.7. The molecule has 5 nitrogen and oxygen atoms in total. The highest BCUT2D eigenvalue weighted by molar-refractivity contribution is 7.89. The van der Waals surface area contributed by atoms with Crippen LogP contribution < -0.4 is 5.73 Å². The Balaban J connectivity index is 2.00. The van der Waals surface area contributed by atoms with E-state index in [1.165, 1.54) is 5.56 Å². The van der Waals surface area contributed by atoms with Gasteiger partial charge in [-0.15, -0.1) is 0 Å². The molecule has 25 heavy (non-hydrogen) atoms. The minimum atomic E-state index is -3.42. The van der Waals surface area contributed by atoms with Crippen LogP contribution in [0, 0.1) is 0 Å². The van der Waals surface area contributed by atoms with Gasteiger partial charge in [0.25, 0.3) is 0 Å². The number of nitrogens with zero attached hydrogens (tertiary/aromatic N) is 1. The second-order valence-corrected chi connectivity index (χ2v) is 9.32. The molecule has 0 spiro atoms. The maximum atomic E-state index is 12.9. The van der Waals surface area contributed by atoms with Crippen LogP contribution in [0.25, 0.3) is 0 Å². The lowest BCUT2D eigenvalue weighted by atomic mass is 9.82. The highest BCUT2D eigenvalue weighted by Crippen LogP contribution is 2.29. The van der Waals surface area contributed by atoms with Gasteiger partial charge in [0.05, 0.1) is 11.0 Å². The van der Waals surface area contributed by atoms with Crippen LogP contribution in [0.2, 0.25) is 0 Å². The Morgan fingerprint density at radius 2 is 1.80 bits per heavy atom. The van der Waals surface area contributed by atoms with Crippen LogP contribution in [0.5, 0.6) is 0 Å². The van der Waals surface area contributed by atoms with E-state index < -0.39 is 10.0 Å². The van der Waals surface area contributed by atoms with E-state index in [4.69, 9.17) is 10.5 Å². The zero-order valence-corrected chi connectivity index (χ0v) is 16.5. The van der Waals surface area contributed by atoms with Gasteiger partial charge in [0, 0.05) is 19.7 Å². The normalized spacial score (nSPS) is 17.8. The zero-order chi connectivity index (χ0) is 18.5. The molecule has 1 saturated heterocycles. The molecule has 1 aliphatic heterocycles. The molecule has 1 heterocycles. The summed E-state index contributed by atoms with van der Waals surface area (Å²) in [7, 11) is -3.42. The first kappa shape index (κ1) is 20.4. The molecule has 1 aliphatic rings. The van der Waals surface area contributed by atoms with Gasteiger partial charge in [-0.1, -0.05) is 32.9 Å². The van der Waals surface area contributed by atoms with E-state index >= 15 is 0 Å². The third-order valence-electron chi connectivity index (χ3n) is 5.26. The largest absolute Gasteiger partial charge is 0.378 e. The predicted molar refractivity (Wildman–Crippen MR) is 101 cm³/mol. The molecule has 0 aromatic heterocycles. The number of benzene rings is 1. The molecule has 1 aromatic rings. The molecule has 0 aliphatic carbocycles. The Hall–Kier alpha value is -0.950. The van der Waals surface area contributed by atoms with Crippen molar-refractivity contribution in [3.05, 3.63) is 29.8 Å². The maximum absolute atomic E-state index is 12.9. The molecule has 6 heteroatoms. The van der Waals surface area contributed by atoms with Crippen LogP contribution in [0.15, 0.2) is 29.2 Å². The SMILES string of the molecule is CCC(C)(C)c1ccc(S(=O)(=O)N2CCC(OCCCN)CC2)cc1. The molecule has 2 rings (SSSR count). The van der Waals surface area contributed by atoms with Crippen molar-refractivity contribution < 1.29 is 13.2 Å². The number of hydrogen-bond acceptors (Lipinski definition) is 4. The monoisotopic (exact) mass is 368 g/mol. The molecule has 142 valence electrons. The molecular formula is C19H32N2O3S. The van der Waals surface area contributed by atoms with Crippen molar-refractivity contribution in [2.75, 3.05) is 26.2 Å². The topological polar surface area (TPSA) is 72.6 Å². The van der Waals surface area contributed by atoms with Crippen molar-refractivity contribution in [2.45, 2.75) is 62.9 Å². The summed E-state index contributed by atoms with van der Waals surface area (Å²) in [6, 6.07) is 7.37. The fourth-order valence-electron chi connectivity index (χ4n) is 3.00. The first-order chi connectivity index (χ1) is 11.8. The van der Waals surface area contributed by atoms with Crippen LogP contribution in [-0.2, 0) is 20.2 Å². The lowest BCUT2D eigenvalue weighted by Gasteiger charge is -2.31. The van der Waals surface area contributed by atoms with E-state index in [2.05, 4.69) is 20.8 Å². The molecule has 0 atom stereocenters. The Morgan fingerprint density at radius 1 is 1.20 bits per heavy atom. The number of rotatable bonds is 8. The van der Waals surface area contributed by atoms with E-state index in [0.717, 1.165) is 25.7 Å². The van der Waals surface area contributed by atoms with Crippen LogP contribution >= 0.6 is 0 Å². The fourth-order valence-corrected chi connectivity index (χ4v) is 4.47. The van der Waals surface area contributed by atoms with Crippen molar-refractivity contribution in [1.29, 1.82) is 0 Å². The van der Waals surface area contributed by atoms with Crippen molar-refractivity contribution in [2.24, 2.45) is 5.73 Å². The standard InChI is InChI=1S/C19H32N2O3S/c1-4-19(2,3)16-6-8-18(9-7-16)25(22,23)21-13-10-17(11-14-21)24-15-5-12-20/h6-9,17H,4-5,10-15,20H2,1-3H3. The predicted octanol–water partition coefficient (Wildman–Crippen LogP) is 2.89. The Labute approximate surface area is 152 Å². The molecule has 0 unspecified atom stereocenters. The van der Waals surface area contributed by atoms with Gasteiger partial charge in [-0.05, 0) is 55.3 Å². The van der Waals surface area contributed by atoms with Gasteiger partial charge in [-0.25, -0.2) is 8.42 Å². The lowest BCUT2D eigenvalue weighted by Crippen LogP contribution is -2.41. The van der Waals surface area contributed by atoms with Gasteiger partial charge in [0.15, 0.2) is 0 Å². The summed E-state index contributed by atoms with van der Waals surface area (Å²) in [5.41, 5.74) is 6.69. The van der Waals surface area contributed by atoms with Crippen LogP contribution in [-0.4, -0.2) is 45.1 Å². The summed E-state index contributed by atoms with van der Waals surface area (Å²) in [5, 5.41) is 0. The third-order valence-corrected chi connectivity index (χ3v) is 7.17. The quantitative estimate of drug-likeness (QED) is 0.716. The van der Waals surface area contributed by atoms with Crippen molar-refractivity contribution in [3.63, 3.8) is 0 Å². The summed E-state index contributed by atoms with van der Waals surface area (Å²) in [4.78, 5) is 0.380. The third kappa shape index (κ3) is 5.03. The van der Waals surface area contributed by atoms with E-state index in [0.29, 0.717) is 31.1 Å². The average molecular weight is 369 g/mol. The van der Waals surface area contributed by atoms with Crippen molar-refractivity contribution >= 4 is 10.0 Å². The molecule has 0 bridgehead atoms. The molecular weight excluding hydrogens is 336 g/mol. The Morgan fingerprint density at radius 3 is 2.32 bits per heavy atom. The molecule has 1 aromatic carbocycles. The molecule has 2 N–H and O–H groups in total. The lowest BCUT2D eigenvalue weighted by molar-refractivity contribution is 0.0209. The van der Waals surface area contributed by atoms with Gasteiger partial charge in [-0.3, -0.25) is 0 Å². The highest BCUT2D eigenvalue weighted by atomic mass is 32.2. The van der Waals surface area contributed by atoms with Gasteiger partial charge in [0.2, 0.25) is 10.0 Å². The van der Waals surface area contributed by atoms with E-state index in [1.807, 2.05) is 12.1 Å². The van der Waals surface area contributed by atoms with E-state index in [1.54, 1.807) is 16.4 Å². The first-order valence-corrected chi connectivity index (χ1v) is 10.7. The first-order valence-electron chi connectivity index (χ1n) is 9.23. The van der Waals surface area contributed by atoms with Gasteiger partial charge >= 0.3 is 0 Å². The second-order valence-electron chi connectivity index (χ2n) is 7.38. The maximum Gasteiger partial charge on any atom is 0.243 e. The van der Waals surface area contributed by atoms with Gasteiger partial charge < -0.3 is 10.5 Å². The fraction of sp³-hybridized carbons (Fsp3) is 0.684. The molecule has 1 fully saturated rings. The van der Waals surface area contributed by atoms with E-state index in [9.17, 15) is 8.42 Å². The minimum Gasteiger partial charge on any atom is -0.378 e. The summed E-state index contributed by atoms with van der Waals surface area (Å²) < 4.78 is 33.0. The highest BCUT2D eigenvalue weighted by Gasteiger charge is 2.30. The molecule has 0 radical (unpaired) electrons. The molecule has 0 amide bonds. The van der Waals surface area contributed by atoms with Crippen molar-refractivity contribution in [3.8, 4) is 0 Å². The summed E-state index contributed by atoms with van der Waals surface area (Å²) in [6.45, 7) is 8.79. The van der Waals surface area contributed by atoms with Crippen LogP contribution in [0.3, 0.4) is 0 Å². The minimum absolute atomic E-state index is 0.0570. The van der Waals surface area contributed by atoms with Crippen molar-refractivity contribution in [1.82, 2.24) is 4.31 Å². The smallest absolute Gasteiger partial charge is 0.243 e. The number of ether oxygens (including phenoxy) is 1. The van der Waals surface area contributed by atoms with Crippen LogP contribution in [0.4, 0.5) is 0 Å². The average Bonchev–Trinajstić information content (AvgIpc) is 2.62. The summed E-state index contributed by atoms with van der Waals surface area (Å²) >= 11 is 0. The van der Waals surface area contributed by atoms with Gasteiger partial charge in [0.1, 0.15) is 0 Å². The van der Waals surface area contributed by atoms with E-state index in [-0.39, 0.29) is 11.5 Å². The Bertz CT molecular complexity index is 633. The summed E-state index contributed by atoms with van der Waals surface area (Å²) in [6.07, 6.45) is 3.48. The van der Waals surface area contributed by atoms with Crippen LogP contribution in [0.1, 0.15) is 52.0 Å². The number of hydrogen-bond donors (Lipinski definition) is 1. The Kier molecular flexibility index (Phi) is 7.02. The number of piperidine rings is 1. The number of sulfonamides is 1. The molecule has 0 saturated carbocycles. The second kappa shape index (κ2) is 8.62. The number of nitrogens with two attached hydrogens (primary N) is 1. The van der Waals surface area contributed by atoms with Gasteiger partial charge in [-0.2, -0.15) is 4.31 Å².